The number of phenolic OH excluding ortho intramolecular Hbond substituents is 1. The zero-order chi connectivity index (χ0) is 25.5. The fraction of sp³-hybridized carbons (Fsp3) is 0.464. The Hall–Kier alpha value is -2.83. The third kappa shape index (κ3) is 11.3. The molecule has 188 valence electrons. The quantitative estimate of drug-likeness (QED) is 0.116. The molecule has 0 saturated carbocycles. The minimum absolute atomic E-state index is 0.0593. The molecule has 0 aliphatic heterocycles. The van der Waals surface area contributed by atoms with E-state index in [2.05, 4.69) is 31.7 Å². The predicted octanol–water partition coefficient (Wildman–Crippen LogP) is 5.81. The minimum Gasteiger partial charge on any atom is -0.507 e. The van der Waals surface area contributed by atoms with Gasteiger partial charge in [-0.25, -0.2) is 4.99 Å². The normalized spacial score (nSPS) is 12.9. The van der Waals surface area contributed by atoms with Crippen LogP contribution >= 0.6 is 0 Å². The zero-order valence-corrected chi connectivity index (χ0v) is 21.1. The van der Waals surface area contributed by atoms with Crippen LogP contribution in [0.2, 0.25) is 0 Å². The van der Waals surface area contributed by atoms with E-state index in [4.69, 9.17) is 15.2 Å². The molecule has 1 aromatic rings. The van der Waals surface area contributed by atoms with Gasteiger partial charge in [0, 0.05) is 12.7 Å². The number of unbranched alkanes of at least 4 members (excludes halogenated alkanes) is 5. The first kappa shape index (κ1) is 29.2. The van der Waals surface area contributed by atoms with Crippen LogP contribution in [0.5, 0.6) is 11.5 Å². The highest BCUT2D eigenvalue weighted by atomic mass is 16.5. The highest BCUT2D eigenvalue weighted by Crippen LogP contribution is 2.25. The Kier molecular flexibility index (Phi) is 13.7. The summed E-state index contributed by atoms with van der Waals surface area (Å²) in [5, 5.41) is 20.4. The Bertz CT molecular complexity index is 886. The zero-order valence-electron chi connectivity index (χ0n) is 21.1. The van der Waals surface area contributed by atoms with Crippen molar-refractivity contribution in [3.05, 3.63) is 72.0 Å². The van der Waals surface area contributed by atoms with Crippen molar-refractivity contribution in [3.8, 4) is 11.5 Å². The van der Waals surface area contributed by atoms with E-state index in [0.29, 0.717) is 29.2 Å². The van der Waals surface area contributed by atoms with E-state index >= 15 is 0 Å². The number of amidine groups is 1. The Morgan fingerprint density at radius 1 is 1.09 bits per heavy atom. The molecule has 0 heterocycles. The van der Waals surface area contributed by atoms with Crippen LogP contribution in [0.25, 0.3) is 0 Å². The van der Waals surface area contributed by atoms with Gasteiger partial charge >= 0.3 is 0 Å². The lowest BCUT2D eigenvalue weighted by Crippen LogP contribution is -2.23. The molecular formula is C28H42N2O4. The average Bonchev–Trinajstić information content (AvgIpc) is 2.78. The van der Waals surface area contributed by atoms with Crippen LogP contribution in [0.3, 0.4) is 0 Å². The molecule has 4 N–H and O–H groups in total. The maximum atomic E-state index is 10.4. The maximum absolute atomic E-state index is 10.4. The van der Waals surface area contributed by atoms with Gasteiger partial charge in [0.15, 0.2) is 0 Å². The van der Waals surface area contributed by atoms with Crippen LogP contribution in [0.15, 0.2) is 71.4 Å². The molecule has 0 aliphatic carbocycles. The number of rotatable bonds is 17. The van der Waals surface area contributed by atoms with E-state index < -0.39 is 6.10 Å². The van der Waals surface area contributed by atoms with Crippen molar-refractivity contribution < 1.29 is 19.7 Å². The van der Waals surface area contributed by atoms with Gasteiger partial charge in [0.1, 0.15) is 30.0 Å². The molecule has 0 fully saturated rings. The van der Waals surface area contributed by atoms with Gasteiger partial charge in [0.2, 0.25) is 0 Å². The SMILES string of the molecule is C=C(C)/C=C(/C)C(=C)C(=C)N=C(N)c1ccc(OCC(O)COCCCCCCCC)cc1O. The van der Waals surface area contributed by atoms with Gasteiger partial charge in [-0.1, -0.05) is 70.4 Å². The van der Waals surface area contributed by atoms with Gasteiger partial charge in [0.05, 0.1) is 17.9 Å². The number of phenols is 1. The summed E-state index contributed by atoms with van der Waals surface area (Å²) in [5.41, 5.74) is 9.24. The van der Waals surface area contributed by atoms with Gasteiger partial charge in [-0.2, -0.15) is 0 Å². The number of aromatic hydroxyl groups is 1. The van der Waals surface area contributed by atoms with Crippen molar-refractivity contribution in [2.24, 2.45) is 10.7 Å². The molecule has 0 aromatic heterocycles. The van der Waals surface area contributed by atoms with E-state index in [1.54, 1.807) is 12.1 Å². The molecule has 0 radical (unpaired) electrons. The van der Waals surface area contributed by atoms with Gasteiger partial charge in [-0.05, 0) is 43.5 Å². The number of aliphatic hydroxyl groups is 1. The molecule has 0 saturated heterocycles. The van der Waals surface area contributed by atoms with Crippen LogP contribution in [0.4, 0.5) is 0 Å². The first-order valence-corrected chi connectivity index (χ1v) is 11.9. The largest absolute Gasteiger partial charge is 0.507 e. The van der Waals surface area contributed by atoms with Crippen LogP contribution in [0.1, 0.15) is 64.9 Å². The molecule has 0 spiro atoms. The summed E-state index contributed by atoms with van der Waals surface area (Å²) in [6.07, 6.45) is 8.30. The maximum Gasteiger partial charge on any atom is 0.135 e. The van der Waals surface area contributed by atoms with Crippen LogP contribution in [-0.2, 0) is 4.74 Å². The summed E-state index contributed by atoms with van der Waals surface area (Å²) in [4.78, 5) is 4.28. The Morgan fingerprint density at radius 2 is 1.76 bits per heavy atom. The molecule has 1 atom stereocenters. The number of hydrogen-bond acceptors (Lipinski definition) is 5. The Labute approximate surface area is 205 Å². The lowest BCUT2D eigenvalue weighted by atomic mass is 10.0. The van der Waals surface area contributed by atoms with Gasteiger partial charge in [-0.3, -0.25) is 0 Å². The highest BCUT2D eigenvalue weighted by molar-refractivity contribution is 6.00. The molecule has 0 aliphatic rings. The fourth-order valence-corrected chi connectivity index (χ4v) is 3.22. The van der Waals surface area contributed by atoms with E-state index in [9.17, 15) is 10.2 Å². The summed E-state index contributed by atoms with van der Waals surface area (Å²) in [6.45, 7) is 18.6. The Balaban J connectivity index is 2.52. The summed E-state index contributed by atoms with van der Waals surface area (Å²) in [7, 11) is 0. The number of aliphatic hydroxyl groups excluding tert-OH is 1. The van der Waals surface area contributed by atoms with Crippen molar-refractivity contribution in [3.63, 3.8) is 0 Å². The molecule has 6 nitrogen and oxygen atoms in total. The van der Waals surface area contributed by atoms with Gasteiger partial charge in [-0.15, -0.1) is 0 Å². The molecule has 1 aromatic carbocycles. The molecule has 34 heavy (non-hydrogen) atoms. The number of benzene rings is 1. The Morgan fingerprint density at radius 3 is 2.41 bits per heavy atom. The van der Waals surface area contributed by atoms with E-state index in [0.717, 1.165) is 24.0 Å². The smallest absolute Gasteiger partial charge is 0.135 e. The van der Waals surface area contributed by atoms with Crippen molar-refractivity contribution in [1.82, 2.24) is 0 Å². The second-order valence-corrected chi connectivity index (χ2v) is 8.58. The summed E-state index contributed by atoms with van der Waals surface area (Å²) in [5.74, 6) is 0.439. The van der Waals surface area contributed by atoms with E-state index in [-0.39, 0.29) is 24.8 Å². The number of hydrogen-bond donors (Lipinski definition) is 3. The van der Waals surface area contributed by atoms with Crippen molar-refractivity contribution >= 4 is 5.84 Å². The third-order valence-electron chi connectivity index (χ3n) is 5.18. The van der Waals surface area contributed by atoms with Crippen molar-refractivity contribution in [1.29, 1.82) is 0 Å². The fourth-order valence-electron chi connectivity index (χ4n) is 3.22. The molecule has 0 amide bonds. The number of nitrogens with zero attached hydrogens (tertiary/aromatic N) is 1. The van der Waals surface area contributed by atoms with Gasteiger partial charge < -0.3 is 25.4 Å². The topological polar surface area (TPSA) is 97.3 Å². The minimum atomic E-state index is -0.752. The molecule has 1 rings (SSSR count). The van der Waals surface area contributed by atoms with Crippen molar-refractivity contribution in [2.75, 3.05) is 19.8 Å². The molecular weight excluding hydrogens is 428 g/mol. The van der Waals surface area contributed by atoms with Crippen LogP contribution < -0.4 is 10.5 Å². The molecule has 0 bridgehead atoms. The summed E-state index contributed by atoms with van der Waals surface area (Å²) >= 11 is 0. The predicted molar refractivity (Wildman–Crippen MR) is 141 cm³/mol. The van der Waals surface area contributed by atoms with Crippen LogP contribution in [-0.4, -0.2) is 42.0 Å². The van der Waals surface area contributed by atoms with Crippen molar-refractivity contribution in [2.45, 2.75) is 65.4 Å². The standard InChI is InChI=1S/C28H42N2O4/c1-7-8-9-10-11-12-15-33-18-24(31)19-34-25-13-14-26(27(32)17-25)28(29)30-23(6)22(5)21(4)16-20(2)3/h13-14,16-17,24,31-32H,2,5-12,15,18-19H2,1,3-4H3,(H2,29,30)/b21-16-. The first-order chi connectivity index (χ1) is 16.1. The lowest BCUT2D eigenvalue weighted by Gasteiger charge is -2.14. The first-order valence-electron chi connectivity index (χ1n) is 11.9. The lowest BCUT2D eigenvalue weighted by molar-refractivity contribution is 0.0109. The second-order valence-electron chi connectivity index (χ2n) is 8.58. The monoisotopic (exact) mass is 470 g/mol. The summed E-state index contributed by atoms with van der Waals surface area (Å²) < 4.78 is 11.1. The van der Waals surface area contributed by atoms with Crippen LogP contribution in [0, 0.1) is 0 Å². The van der Waals surface area contributed by atoms with Gasteiger partial charge in [0.25, 0.3) is 0 Å². The number of allylic oxidation sites excluding steroid dienone is 3. The highest BCUT2D eigenvalue weighted by Gasteiger charge is 2.11. The molecule has 1 unspecified atom stereocenters. The number of nitrogens with two attached hydrogens (primary N) is 1. The summed E-state index contributed by atoms with van der Waals surface area (Å²) in [6, 6.07) is 4.70. The molecule has 6 heteroatoms. The van der Waals surface area contributed by atoms with E-state index in [1.807, 2.05) is 19.9 Å². The number of ether oxygens (including phenoxy) is 2. The van der Waals surface area contributed by atoms with E-state index in [1.165, 1.54) is 31.7 Å². The average molecular weight is 471 g/mol. The number of aliphatic imine (C=N–C) groups is 1. The third-order valence-corrected chi connectivity index (χ3v) is 5.18. The second kappa shape index (κ2) is 15.9.